The fourth-order valence-electron chi connectivity index (χ4n) is 1.12. The highest BCUT2D eigenvalue weighted by Crippen LogP contribution is 2.24. The van der Waals surface area contributed by atoms with Crippen LogP contribution in [-0.2, 0) is 4.79 Å². The third-order valence-electron chi connectivity index (χ3n) is 1.82. The SMILES string of the molecule is COc1ccc(F)cc1NCCC(=O)O. The first-order valence-corrected chi connectivity index (χ1v) is 4.42. The number of hydrogen-bond donors (Lipinski definition) is 2. The first-order chi connectivity index (χ1) is 7.13. The predicted octanol–water partition coefficient (Wildman–Crippen LogP) is 1.72. The lowest BCUT2D eigenvalue weighted by atomic mass is 10.2. The number of hydrogen-bond acceptors (Lipinski definition) is 3. The van der Waals surface area contributed by atoms with Gasteiger partial charge in [-0.25, -0.2) is 4.39 Å². The molecule has 0 atom stereocenters. The molecule has 0 radical (unpaired) electrons. The zero-order valence-corrected chi connectivity index (χ0v) is 8.29. The molecule has 1 rings (SSSR count). The lowest BCUT2D eigenvalue weighted by Gasteiger charge is -2.09. The second-order valence-electron chi connectivity index (χ2n) is 2.92. The number of methoxy groups -OCH3 is 1. The topological polar surface area (TPSA) is 58.6 Å². The molecular weight excluding hydrogens is 201 g/mol. The normalized spacial score (nSPS) is 9.73. The molecule has 0 fully saturated rings. The van der Waals surface area contributed by atoms with Gasteiger partial charge in [-0.2, -0.15) is 0 Å². The van der Waals surface area contributed by atoms with E-state index in [0.29, 0.717) is 11.4 Å². The number of aliphatic carboxylic acids is 1. The number of nitrogens with one attached hydrogen (secondary N) is 1. The van der Waals surface area contributed by atoms with E-state index in [0.717, 1.165) is 0 Å². The van der Waals surface area contributed by atoms with Gasteiger partial charge < -0.3 is 15.2 Å². The van der Waals surface area contributed by atoms with Crippen molar-refractivity contribution in [3.8, 4) is 5.75 Å². The molecule has 82 valence electrons. The molecule has 0 spiro atoms. The Kier molecular flexibility index (Phi) is 3.91. The fraction of sp³-hybridized carbons (Fsp3) is 0.300. The van der Waals surface area contributed by atoms with Crippen LogP contribution in [0.25, 0.3) is 0 Å². The van der Waals surface area contributed by atoms with Crippen molar-refractivity contribution in [2.45, 2.75) is 6.42 Å². The van der Waals surface area contributed by atoms with Gasteiger partial charge in [-0.05, 0) is 12.1 Å². The van der Waals surface area contributed by atoms with Gasteiger partial charge in [0, 0.05) is 12.6 Å². The smallest absolute Gasteiger partial charge is 0.305 e. The molecular formula is C10H12FNO3. The minimum Gasteiger partial charge on any atom is -0.495 e. The van der Waals surface area contributed by atoms with Crippen molar-refractivity contribution < 1.29 is 19.0 Å². The molecule has 0 saturated carbocycles. The van der Waals surface area contributed by atoms with Gasteiger partial charge in [-0.1, -0.05) is 0 Å². The van der Waals surface area contributed by atoms with Gasteiger partial charge in [0.2, 0.25) is 0 Å². The van der Waals surface area contributed by atoms with E-state index in [4.69, 9.17) is 9.84 Å². The van der Waals surface area contributed by atoms with E-state index in [1.807, 2.05) is 0 Å². The van der Waals surface area contributed by atoms with Crippen molar-refractivity contribution in [3.63, 3.8) is 0 Å². The molecule has 2 N–H and O–H groups in total. The molecule has 0 aliphatic rings. The van der Waals surface area contributed by atoms with Crippen LogP contribution in [0.2, 0.25) is 0 Å². The lowest BCUT2D eigenvalue weighted by Crippen LogP contribution is -2.08. The summed E-state index contributed by atoms with van der Waals surface area (Å²) < 4.78 is 17.8. The van der Waals surface area contributed by atoms with E-state index in [1.165, 1.54) is 25.3 Å². The van der Waals surface area contributed by atoms with Crippen molar-refractivity contribution in [1.82, 2.24) is 0 Å². The van der Waals surface area contributed by atoms with Crippen LogP contribution in [0.15, 0.2) is 18.2 Å². The van der Waals surface area contributed by atoms with Gasteiger partial charge in [0.05, 0.1) is 19.2 Å². The first-order valence-electron chi connectivity index (χ1n) is 4.42. The Morgan fingerprint density at radius 3 is 2.93 bits per heavy atom. The standard InChI is InChI=1S/C10H12FNO3/c1-15-9-3-2-7(11)6-8(9)12-5-4-10(13)14/h2-3,6,12H,4-5H2,1H3,(H,13,14). The van der Waals surface area contributed by atoms with E-state index in [1.54, 1.807) is 0 Å². The number of ether oxygens (including phenoxy) is 1. The molecule has 0 unspecified atom stereocenters. The summed E-state index contributed by atoms with van der Waals surface area (Å²) in [4.78, 5) is 10.3. The summed E-state index contributed by atoms with van der Waals surface area (Å²) in [5.41, 5.74) is 0.457. The second-order valence-corrected chi connectivity index (χ2v) is 2.92. The van der Waals surface area contributed by atoms with Gasteiger partial charge in [-0.15, -0.1) is 0 Å². The van der Waals surface area contributed by atoms with Crippen molar-refractivity contribution in [2.24, 2.45) is 0 Å². The van der Waals surface area contributed by atoms with Crippen LogP contribution < -0.4 is 10.1 Å². The van der Waals surface area contributed by atoms with E-state index in [-0.39, 0.29) is 13.0 Å². The number of anilines is 1. The Hall–Kier alpha value is -1.78. The van der Waals surface area contributed by atoms with Crippen LogP contribution in [-0.4, -0.2) is 24.7 Å². The molecule has 0 aliphatic heterocycles. The molecule has 1 aromatic carbocycles. The summed E-state index contributed by atoms with van der Waals surface area (Å²) in [7, 11) is 1.47. The lowest BCUT2D eigenvalue weighted by molar-refractivity contribution is -0.136. The Morgan fingerprint density at radius 1 is 1.60 bits per heavy atom. The third kappa shape index (κ3) is 3.46. The predicted molar refractivity (Wildman–Crippen MR) is 53.7 cm³/mol. The van der Waals surface area contributed by atoms with E-state index in [9.17, 15) is 9.18 Å². The van der Waals surface area contributed by atoms with Crippen LogP contribution >= 0.6 is 0 Å². The van der Waals surface area contributed by atoms with Gasteiger partial charge >= 0.3 is 5.97 Å². The zero-order chi connectivity index (χ0) is 11.3. The highest BCUT2D eigenvalue weighted by atomic mass is 19.1. The maximum Gasteiger partial charge on any atom is 0.305 e. The monoisotopic (exact) mass is 213 g/mol. The largest absolute Gasteiger partial charge is 0.495 e. The Labute approximate surface area is 86.7 Å². The molecule has 0 saturated heterocycles. The summed E-state index contributed by atoms with van der Waals surface area (Å²) in [5.74, 6) is -0.812. The maximum absolute atomic E-state index is 12.9. The van der Waals surface area contributed by atoms with Crippen molar-refractivity contribution in [2.75, 3.05) is 19.0 Å². The number of rotatable bonds is 5. The summed E-state index contributed by atoms with van der Waals surface area (Å²) >= 11 is 0. The Balaban J connectivity index is 2.65. The number of carboxylic acid groups (broad SMARTS) is 1. The van der Waals surface area contributed by atoms with Crippen LogP contribution in [0.3, 0.4) is 0 Å². The number of carbonyl (C=O) groups is 1. The highest BCUT2D eigenvalue weighted by molar-refractivity contribution is 5.68. The minimum absolute atomic E-state index is 0.0281. The van der Waals surface area contributed by atoms with E-state index >= 15 is 0 Å². The van der Waals surface area contributed by atoms with Crippen LogP contribution in [0, 0.1) is 5.82 Å². The summed E-state index contributed by atoms with van der Waals surface area (Å²) in [6.45, 7) is 0.231. The molecule has 0 aliphatic carbocycles. The average molecular weight is 213 g/mol. The number of carboxylic acids is 1. The number of halogens is 1. The molecule has 0 amide bonds. The first kappa shape index (κ1) is 11.3. The quantitative estimate of drug-likeness (QED) is 0.781. The van der Waals surface area contributed by atoms with Crippen LogP contribution in [0.4, 0.5) is 10.1 Å². The minimum atomic E-state index is -0.905. The third-order valence-corrected chi connectivity index (χ3v) is 1.82. The van der Waals surface area contributed by atoms with E-state index < -0.39 is 11.8 Å². The van der Waals surface area contributed by atoms with E-state index in [2.05, 4.69) is 5.32 Å². The summed E-state index contributed by atoms with van der Waals surface area (Å²) in [6.07, 6.45) is -0.0281. The van der Waals surface area contributed by atoms with Crippen molar-refractivity contribution >= 4 is 11.7 Å². The van der Waals surface area contributed by atoms with Crippen LogP contribution in [0.1, 0.15) is 6.42 Å². The summed E-state index contributed by atoms with van der Waals surface area (Å²) in [6, 6.07) is 4.03. The molecule has 0 aromatic heterocycles. The Morgan fingerprint density at radius 2 is 2.33 bits per heavy atom. The maximum atomic E-state index is 12.9. The van der Waals surface area contributed by atoms with Gasteiger partial charge in [-0.3, -0.25) is 4.79 Å². The second kappa shape index (κ2) is 5.19. The van der Waals surface area contributed by atoms with Gasteiger partial charge in [0.1, 0.15) is 11.6 Å². The van der Waals surface area contributed by atoms with Crippen LogP contribution in [0.5, 0.6) is 5.75 Å². The van der Waals surface area contributed by atoms with Crippen molar-refractivity contribution in [1.29, 1.82) is 0 Å². The molecule has 0 bridgehead atoms. The highest BCUT2D eigenvalue weighted by Gasteiger charge is 2.04. The molecule has 15 heavy (non-hydrogen) atoms. The molecule has 4 nitrogen and oxygen atoms in total. The summed E-state index contributed by atoms with van der Waals surface area (Å²) in [5, 5.41) is 11.2. The molecule has 5 heteroatoms. The molecule has 0 heterocycles. The Bertz CT molecular complexity index is 355. The average Bonchev–Trinajstić information content (AvgIpc) is 2.17. The van der Waals surface area contributed by atoms with Gasteiger partial charge in [0.15, 0.2) is 0 Å². The molecule has 1 aromatic rings. The van der Waals surface area contributed by atoms with Crippen molar-refractivity contribution in [3.05, 3.63) is 24.0 Å². The fourth-order valence-corrected chi connectivity index (χ4v) is 1.12. The van der Waals surface area contributed by atoms with Gasteiger partial charge in [0.25, 0.3) is 0 Å². The number of benzene rings is 1. The zero-order valence-electron chi connectivity index (χ0n) is 8.29.